The molecule has 0 saturated carbocycles. The molecule has 2 rings (SSSR count). The van der Waals surface area contributed by atoms with Crippen molar-refractivity contribution in [2.24, 2.45) is 0 Å². The highest BCUT2D eigenvalue weighted by Crippen LogP contribution is 2.17. The molecule has 0 N–H and O–H groups in total. The molecule has 2 aromatic heterocycles. The van der Waals surface area contributed by atoms with Gasteiger partial charge in [0.05, 0.1) is 17.8 Å². The van der Waals surface area contributed by atoms with E-state index in [0.29, 0.717) is 11.3 Å². The van der Waals surface area contributed by atoms with Crippen LogP contribution in [0.1, 0.15) is 53.9 Å². The Morgan fingerprint density at radius 3 is 2.80 bits per heavy atom. The number of Topliss-reactive ketones (excluding diaryl/α,β-unsaturated/α-hetero) is 1. The zero-order valence-electron chi connectivity index (χ0n) is 12.2. The van der Waals surface area contributed by atoms with Crippen molar-refractivity contribution < 1.29 is 4.79 Å². The van der Waals surface area contributed by atoms with Gasteiger partial charge in [-0.3, -0.25) is 9.48 Å². The van der Waals surface area contributed by atoms with Crippen LogP contribution in [-0.2, 0) is 25.8 Å². The number of ketones is 1. The number of hydrogen-bond donors (Lipinski definition) is 0. The summed E-state index contributed by atoms with van der Waals surface area (Å²) in [5.74, 6) is 0.0979. The fourth-order valence-corrected chi connectivity index (χ4v) is 2.81. The second-order valence-corrected chi connectivity index (χ2v) is 5.45. The number of carbonyl (C=O) groups excluding carboxylic acids is 1. The third kappa shape index (κ3) is 3.12. The topological polar surface area (TPSA) is 60.7 Å². The maximum atomic E-state index is 12.4. The van der Waals surface area contributed by atoms with Crippen molar-refractivity contribution in [1.82, 2.24) is 19.4 Å². The molecule has 5 nitrogen and oxygen atoms in total. The number of aryl methyl sites for hydroxylation is 3. The molecule has 0 radical (unpaired) electrons. The first-order chi connectivity index (χ1) is 9.69. The SMILES string of the molecule is CCCc1nnsc1C(=O)Cc1cc(CC)nn1CC. The molecule has 0 aliphatic heterocycles. The molecule has 0 aromatic carbocycles. The van der Waals surface area contributed by atoms with E-state index in [1.54, 1.807) is 0 Å². The van der Waals surface area contributed by atoms with Crippen LogP contribution in [0.5, 0.6) is 0 Å². The lowest BCUT2D eigenvalue weighted by Gasteiger charge is -2.03. The maximum absolute atomic E-state index is 12.4. The Hall–Kier alpha value is -1.56. The molecule has 2 heterocycles. The predicted molar refractivity (Wildman–Crippen MR) is 79.2 cm³/mol. The van der Waals surface area contributed by atoms with Gasteiger partial charge in [-0.25, -0.2) is 0 Å². The fraction of sp³-hybridized carbons (Fsp3) is 0.571. The van der Waals surface area contributed by atoms with Gasteiger partial charge in [-0.15, -0.1) is 5.10 Å². The second kappa shape index (κ2) is 6.74. The molecule has 0 fully saturated rings. The summed E-state index contributed by atoms with van der Waals surface area (Å²) in [5.41, 5.74) is 2.84. The van der Waals surface area contributed by atoms with Gasteiger partial charge >= 0.3 is 0 Å². The highest BCUT2D eigenvalue weighted by Gasteiger charge is 2.18. The van der Waals surface area contributed by atoms with Crippen molar-refractivity contribution in [3.05, 3.63) is 28.0 Å². The molecule has 0 saturated heterocycles. The first-order valence-corrected chi connectivity index (χ1v) is 7.86. The number of nitrogens with zero attached hydrogens (tertiary/aromatic N) is 4. The van der Waals surface area contributed by atoms with E-state index in [9.17, 15) is 4.79 Å². The molecule has 0 aliphatic rings. The Labute approximate surface area is 123 Å². The second-order valence-electron chi connectivity index (χ2n) is 4.70. The van der Waals surface area contributed by atoms with Crippen LogP contribution in [0.3, 0.4) is 0 Å². The first-order valence-electron chi connectivity index (χ1n) is 7.09. The van der Waals surface area contributed by atoms with E-state index >= 15 is 0 Å². The molecule has 0 spiro atoms. The first kappa shape index (κ1) is 14.8. The van der Waals surface area contributed by atoms with E-state index in [-0.39, 0.29) is 5.78 Å². The van der Waals surface area contributed by atoms with Crippen LogP contribution in [0.4, 0.5) is 0 Å². The third-order valence-electron chi connectivity index (χ3n) is 3.21. The van der Waals surface area contributed by atoms with Crippen molar-refractivity contribution in [2.75, 3.05) is 0 Å². The summed E-state index contributed by atoms with van der Waals surface area (Å²) in [6.45, 7) is 6.97. The van der Waals surface area contributed by atoms with Gasteiger partial charge in [0.25, 0.3) is 0 Å². The molecule has 0 bridgehead atoms. The molecule has 0 amide bonds. The minimum atomic E-state index is 0.0979. The summed E-state index contributed by atoms with van der Waals surface area (Å²) < 4.78 is 5.82. The highest BCUT2D eigenvalue weighted by atomic mass is 32.1. The van der Waals surface area contributed by atoms with Crippen LogP contribution < -0.4 is 0 Å². The van der Waals surface area contributed by atoms with Crippen molar-refractivity contribution in [3.8, 4) is 0 Å². The highest BCUT2D eigenvalue weighted by molar-refractivity contribution is 7.08. The van der Waals surface area contributed by atoms with Gasteiger partial charge in [0, 0.05) is 12.2 Å². The van der Waals surface area contributed by atoms with Gasteiger partial charge in [0.2, 0.25) is 0 Å². The molecule has 0 atom stereocenters. The van der Waals surface area contributed by atoms with Crippen molar-refractivity contribution in [2.45, 2.75) is 53.0 Å². The predicted octanol–water partition coefficient (Wildman–Crippen LogP) is 2.69. The summed E-state index contributed by atoms with van der Waals surface area (Å²) in [6, 6.07) is 2.02. The lowest BCUT2D eigenvalue weighted by molar-refractivity contribution is 0.0993. The van der Waals surface area contributed by atoms with E-state index in [4.69, 9.17) is 0 Å². The van der Waals surface area contributed by atoms with Gasteiger partial charge in [0.15, 0.2) is 5.78 Å². The fourth-order valence-electron chi connectivity index (χ4n) is 2.17. The molecule has 6 heteroatoms. The number of rotatable bonds is 7. The Balaban J connectivity index is 2.18. The molecule has 20 heavy (non-hydrogen) atoms. The summed E-state index contributed by atoms with van der Waals surface area (Å²) in [4.78, 5) is 13.1. The number of aromatic nitrogens is 4. The van der Waals surface area contributed by atoms with Gasteiger partial charge in [-0.05, 0) is 37.4 Å². The van der Waals surface area contributed by atoms with Crippen LogP contribution in [0.2, 0.25) is 0 Å². The molecular formula is C14H20N4OS. The van der Waals surface area contributed by atoms with Crippen LogP contribution >= 0.6 is 11.5 Å². The minimum absolute atomic E-state index is 0.0979. The summed E-state index contributed by atoms with van der Waals surface area (Å²) in [7, 11) is 0. The average Bonchev–Trinajstić information content (AvgIpc) is 3.05. The van der Waals surface area contributed by atoms with Crippen LogP contribution in [0, 0.1) is 0 Å². The van der Waals surface area contributed by atoms with Crippen LogP contribution in [-0.4, -0.2) is 25.2 Å². The standard InChI is InChI=1S/C14H20N4OS/c1-4-7-12-14(20-17-15-12)13(19)9-11-8-10(5-2)16-18(11)6-3/h8H,4-7,9H2,1-3H3. The summed E-state index contributed by atoms with van der Waals surface area (Å²) in [5, 5.41) is 8.53. The maximum Gasteiger partial charge on any atom is 0.182 e. The quantitative estimate of drug-likeness (QED) is 0.736. The van der Waals surface area contributed by atoms with Gasteiger partial charge in [0.1, 0.15) is 4.88 Å². The smallest absolute Gasteiger partial charge is 0.182 e. The normalized spacial score (nSPS) is 10.9. The molecular weight excluding hydrogens is 272 g/mol. The monoisotopic (exact) mass is 292 g/mol. The van der Waals surface area contributed by atoms with E-state index < -0.39 is 0 Å². The number of carbonyl (C=O) groups is 1. The average molecular weight is 292 g/mol. The van der Waals surface area contributed by atoms with Crippen molar-refractivity contribution >= 4 is 17.3 Å². The van der Waals surface area contributed by atoms with Gasteiger partial charge < -0.3 is 0 Å². The minimum Gasteiger partial charge on any atom is -0.293 e. The molecule has 2 aromatic rings. The van der Waals surface area contributed by atoms with Gasteiger partial charge in [-0.2, -0.15) is 5.10 Å². The Morgan fingerprint density at radius 2 is 2.15 bits per heavy atom. The lowest BCUT2D eigenvalue weighted by Crippen LogP contribution is -2.10. The summed E-state index contributed by atoms with van der Waals surface area (Å²) in [6.07, 6.45) is 3.04. The Morgan fingerprint density at radius 1 is 1.35 bits per heavy atom. The Bertz CT molecular complexity index is 588. The van der Waals surface area contributed by atoms with E-state index in [2.05, 4.69) is 28.5 Å². The zero-order chi connectivity index (χ0) is 14.5. The lowest BCUT2D eigenvalue weighted by atomic mass is 10.1. The van der Waals surface area contributed by atoms with E-state index in [1.165, 1.54) is 11.5 Å². The van der Waals surface area contributed by atoms with Crippen molar-refractivity contribution in [3.63, 3.8) is 0 Å². The van der Waals surface area contributed by atoms with Crippen LogP contribution in [0.25, 0.3) is 0 Å². The van der Waals surface area contributed by atoms with E-state index in [0.717, 1.165) is 42.9 Å². The Kier molecular flexibility index (Phi) is 5.00. The van der Waals surface area contributed by atoms with E-state index in [1.807, 2.05) is 17.7 Å². The molecule has 0 unspecified atom stereocenters. The molecule has 0 aliphatic carbocycles. The summed E-state index contributed by atoms with van der Waals surface area (Å²) >= 11 is 1.20. The van der Waals surface area contributed by atoms with Crippen LogP contribution in [0.15, 0.2) is 6.07 Å². The largest absolute Gasteiger partial charge is 0.293 e. The third-order valence-corrected chi connectivity index (χ3v) is 4.02. The molecule has 108 valence electrons. The zero-order valence-corrected chi connectivity index (χ0v) is 13.0. The van der Waals surface area contributed by atoms with Gasteiger partial charge in [-0.1, -0.05) is 24.8 Å². The van der Waals surface area contributed by atoms with Crippen molar-refractivity contribution in [1.29, 1.82) is 0 Å². The number of hydrogen-bond acceptors (Lipinski definition) is 5.